The molecule has 0 spiro atoms. The molecule has 0 saturated carbocycles. The Morgan fingerprint density at radius 1 is 1.50 bits per heavy atom. The van der Waals surface area contributed by atoms with Crippen LogP contribution in [0.4, 0.5) is 13.2 Å². The van der Waals surface area contributed by atoms with Crippen LogP contribution in [0.2, 0.25) is 0 Å². The van der Waals surface area contributed by atoms with Gasteiger partial charge in [0.1, 0.15) is 0 Å². The van der Waals surface area contributed by atoms with E-state index < -0.39 is 23.7 Å². The SMILES string of the molecule is CCc1cnc2nc(C(F)(F)F)nn2c1C(=O)O. The van der Waals surface area contributed by atoms with Crippen LogP contribution in [-0.2, 0) is 12.6 Å². The van der Waals surface area contributed by atoms with E-state index in [-0.39, 0.29) is 11.3 Å². The summed E-state index contributed by atoms with van der Waals surface area (Å²) < 4.78 is 37.9. The van der Waals surface area contributed by atoms with E-state index in [1.165, 1.54) is 6.20 Å². The first-order chi connectivity index (χ1) is 8.34. The number of aromatic nitrogens is 4. The first-order valence-corrected chi connectivity index (χ1v) is 4.89. The third-order valence-corrected chi connectivity index (χ3v) is 2.28. The highest BCUT2D eigenvalue weighted by Gasteiger charge is 2.37. The average molecular weight is 260 g/mol. The van der Waals surface area contributed by atoms with E-state index in [2.05, 4.69) is 15.1 Å². The molecule has 0 aliphatic rings. The summed E-state index contributed by atoms with van der Waals surface area (Å²) in [7, 11) is 0. The summed E-state index contributed by atoms with van der Waals surface area (Å²) >= 11 is 0. The van der Waals surface area contributed by atoms with Crippen molar-refractivity contribution in [3.8, 4) is 0 Å². The molecule has 0 fully saturated rings. The predicted molar refractivity (Wildman–Crippen MR) is 52.1 cm³/mol. The van der Waals surface area contributed by atoms with Gasteiger partial charge in [0.15, 0.2) is 5.69 Å². The van der Waals surface area contributed by atoms with Crippen molar-refractivity contribution in [1.29, 1.82) is 0 Å². The molecular formula is C9H7F3N4O2. The van der Waals surface area contributed by atoms with Crippen molar-refractivity contribution in [3.63, 3.8) is 0 Å². The van der Waals surface area contributed by atoms with Crippen LogP contribution < -0.4 is 0 Å². The lowest BCUT2D eigenvalue weighted by atomic mass is 10.2. The molecule has 96 valence electrons. The molecule has 18 heavy (non-hydrogen) atoms. The van der Waals surface area contributed by atoms with Crippen LogP contribution in [0.5, 0.6) is 0 Å². The number of aryl methyl sites for hydroxylation is 1. The molecule has 0 aliphatic carbocycles. The normalized spacial score (nSPS) is 12.0. The average Bonchev–Trinajstić information content (AvgIpc) is 2.70. The summed E-state index contributed by atoms with van der Waals surface area (Å²) in [5.41, 5.74) is -0.0703. The van der Waals surface area contributed by atoms with Crippen LogP contribution in [0.15, 0.2) is 6.20 Å². The number of fused-ring (bicyclic) bond motifs is 1. The van der Waals surface area contributed by atoms with Crippen LogP contribution in [-0.4, -0.2) is 30.7 Å². The molecule has 0 bridgehead atoms. The molecular weight excluding hydrogens is 253 g/mol. The second-order valence-corrected chi connectivity index (χ2v) is 3.44. The number of halogens is 3. The number of hydrogen-bond donors (Lipinski definition) is 1. The number of alkyl halides is 3. The highest BCUT2D eigenvalue weighted by atomic mass is 19.4. The van der Waals surface area contributed by atoms with Gasteiger partial charge in [0.05, 0.1) is 0 Å². The van der Waals surface area contributed by atoms with E-state index in [0.717, 1.165) is 0 Å². The fourth-order valence-electron chi connectivity index (χ4n) is 1.48. The molecule has 0 aromatic carbocycles. The maximum absolute atomic E-state index is 12.4. The smallest absolute Gasteiger partial charge is 0.453 e. The number of carbonyl (C=O) groups is 1. The number of hydrogen-bond acceptors (Lipinski definition) is 4. The van der Waals surface area contributed by atoms with E-state index in [9.17, 15) is 18.0 Å². The first kappa shape index (κ1) is 12.3. The lowest BCUT2D eigenvalue weighted by molar-refractivity contribution is -0.144. The van der Waals surface area contributed by atoms with E-state index in [1.54, 1.807) is 6.92 Å². The molecule has 1 N–H and O–H groups in total. The van der Waals surface area contributed by atoms with Crippen molar-refractivity contribution >= 4 is 11.7 Å². The van der Waals surface area contributed by atoms with Gasteiger partial charge in [0.25, 0.3) is 11.6 Å². The molecule has 2 aromatic rings. The zero-order chi connectivity index (χ0) is 13.5. The number of nitrogens with zero attached hydrogens (tertiary/aromatic N) is 4. The molecule has 0 unspecified atom stereocenters. The summed E-state index contributed by atoms with van der Waals surface area (Å²) in [5, 5.41) is 12.2. The monoisotopic (exact) mass is 260 g/mol. The predicted octanol–water partition coefficient (Wildman–Crippen LogP) is 1.40. The van der Waals surface area contributed by atoms with Gasteiger partial charge >= 0.3 is 12.1 Å². The molecule has 0 amide bonds. The van der Waals surface area contributed by atoms with Crippen molar-refractivity contribution in [2.75, 3.05) is 0 Å². The van der Waals surface area contributed by atoms with E-state index in [0.29, 0.717) is 10.9 Å². The van der Waals surface area contributed by atoms with Gasteiger partial charge in [-0.3, -0.25) is 0 Å². The van der Waals surface area contributed by atoms with E-state index in [1.807, 2.05) is 0 Å². The zero-order valence-corrected chi connectivity index (χ0v) is 9.06. The number of carboxylic acid groups (broad SMARTS) is 1. The van der Waals surface area contributed by atoms with Crippen LogP contribution in [0.25, 0.3) is 5.78 Å². The number of carboxylic acids is 1. The third-order valence-electron chi connectivity index (χ3n) is 2.28. The number of rotatable bonds is 2. The number of aromatic carboxylic acids is 1. The molecule has 6 nitrogen and oxygen atoms in total. The summed E-state index contributed by atoms with van der Waals surface area (Å²) in [5.74, 6) is -3.18. The molecule has 0 atom stereocenters. The fraction of sp³-hybridized carbons (Fsp3) is 0.333. The molecule has 2 heterocycles. The Bertz CT molecular complexity index is 620. The molecule has 0 aliphatic heterocycles. The van der Waals surface area contributed by atoms with Crippen LogP contribution >= 0.6 is 0 Å². The van der Waals surface area contributed by atoms with Gasteiger partial charge in [-0.15, -0.1) is 5.10 Å². The second-order valence-electron chi connectivity index (χ2n) is 3.44. The van der Waals surface area contributed by atoms with Gasteiger partial charge in [-0.1, -0.05) is 6.92 Å². The Morgan fingerprint density at radius 3 is 2.67 bits per heavy atom. The lowest BCUT2D eigenvalue weighted by Crippen LogP contribution is -2.12. The fourth-order valence-corrected chi connectivity index (χ4v) is 1.48. The van der Waals surface area contributed by atoms with Gasteiger partial charge < -0.3 is 5.11 Å². The minimum absolute atomic E-state index is 0.286. The van der Waals surface area contributed by atoms with Crippen LogP contribution in [0, 0.1) is 0 Å². The summed E-state index contributed by atoms with van der Waals surface area (Å²) in [6.07, 6.45) is -3.24. The molecule has 0 radical (unpaired) electrons. The summed E-state index contributed by atoms with van der Waals surface area (Å²) in [6.45, 7) is 1.66. The van der Waals surface area contributed by atoms with Gasteiger partial charge in [0, 0.05) is 11.8 Å². The molecule has 2 rings (SSSR count). The summed E-state index contributed by atoms with van der Waals surface area (Å²) in [6, 6.07) is 0. The second kappa shape index (κ2) is 3.93. The Kier molecular flexibility index (Phi) is 2.68. The summed E-state index contributed by atoms with van der Waals surface area (Å²) in [4.78, 5) is 17.9. The maximum atomic E-state index is 12.4. The molecule has 0 saturated heterocycles. The highest BCUT2D eigenvalue weighted by Crippen LogP contribution is 2.26. The third kappa shape index (κ3) is 1.87. The molecule has 9 heteroatoms. The molecule has 2 aromatic heterocycles. The van der Waals surface area contributed by atoms with Crippen molar-refractivity contribution in [3.05, 3.63) is 23.3 Å². The van der Waals surface area contributed by atoms with Crippen LogP contribution in [0.1, 0.15) is 28.8 Å². The largest absolute Gasteiger partial charge is 0.476 e. The Morgan fingerprint density at radius 2 is 2.17 bits per heavy atom. The standard InChI is InChI=1S/C9H7F3N4O2/c1-2-4-3-13-8-14-7(9(10,11)12)15-16(8)5(4)6(17)18/h3H,2H2,1H3,(H,17,18). The first-order valence-electron chi connectivity index (χ1n) is 4.89. The van der Waals surface area contributed by atoms with Gasteiger partial charge in [-0.05, 0) is 6.42 Å². The lowest BCUT2D eigenvalue weighted by Gasteiger charge is -2.03. The Labute approximate surface area is 98.1 Å². The van der Waals surface area contributed by atoms with Crippen molar-refractivity contribution in [2.45, 2.75) is 19.5 Å². The Balaban J connectivity index is 2.77. The topological polar surface area (TPSA) is 80.4 Å². The van der Waals surface area contributed by atoms with Crippen molar-refractivity contribution in [1.82, 2.24) is 19.6 Å². The van der Waals surface area contributed by atoms with Crippen molar-refractivity contribution in [2.24, 2.45) is 0 Å². The minimum Gasteiger partial charge on any atom is -0.476 e. The van der Waals surface area contributed by atoms with Crippen molar-refractivity contribution < 1.29 is 23.1 Å². The Hall–Kier alpha value is -2.19. The van der Waals surface area contributed by atoms with E-state index >= 15 is 0 Å². The van der Waals surface area contributed by atoms with Gasteiger partial charge in [-0.2, -0.15) is 22.7 Å². The minimum atomic E-state index is -4.74. The zero-order valence-electron chi connectivity index (χ0n) is 9.06. The maximum Gasteiger partial charge on any atom is 0.453 e. The van der Waals surface area contributed by atoms with Gasteiger partial charge in [-0.25, -0.2) is 9.78 Å². The van der Waals surface area contributed by atoms with Gasteiger partial charge in [0.2, 0.25) is 0 Å². The highest BCUT2D eigenvalue weighted by molar-refractivity contribution is 5.87. The quantitative estimate of drug-likeness (QED) is 0.882. The van der Waals surface area contributed by atoms with E-state index in [4.69, 9.17) is 5.11 Å². The van der Waals surface area contributed by atoms with Crippen LogP contribution in [0.3, 0.4) is 0 Å².